The number of nitrogens with zero attached hydrogens (tertiary/aromatic N) is 3. The van der Waals surface area contributed by atoms with Crippen LogP contribution in [-0.4, -0.2) is 25.1 Å². The van der Waals surface area contributed by atoms with Crippen LogP contribution in [0.5, 0.6) is 0 Å². The summed E-state index contributed by atoms with van der Waals surface area (Å²) in [5, 5.41) is 11.0. The first-order chi connectivity index (χ1) is 19.9. The topological polar surface area (TPSA) is 69.2 Å². The van der Waals surface area contributed by atoms with Gasteiger partial charge in [0.25, 0.3) is 0 Å². The van der Waals surface area contributed by atoms with Crippen molar-refractivity contribution in [1.82, 2.24) is 13.9 Å². The van der Waals surface area contributed by atoms with Gasteiger partial charge in [-0.2, -0.15) is 0 Å². The smallest absolute Gasteiger partial charge is 0.352 e. The Bertz CT molecular complexity index is 1560. The number of fused-ring (bicyclic) bond motifs is 1. The molecular weight excluding hydrogens is 522 g/mol. The number of para-hydroxylation sites is 1. The zero-order valence-electron chi connectivity index (χ0n) is 26.3. The Hall–Kier alpha value is -2.60. The fourth-order valence-corrected chi connectivity index (χ4v) is 11.0. The summed E-state index contributed by atoms with van der Waals surface area (Å²) in [5.41, 5.74) is -1.29. The number of rotatable bonds is 5. The van der Waals surface area contributed by atoms with Gasteiger partial charge in [0.15, 0.2) is 0 Å². The van der Waals surface area contributed by atoms with Crippen molar-refractivity contribution in [1.29, 1.82) is 0 Å². The Morgan fingerprint density at radius 3 is 2.29 bits per heavy atom. The predicted octanol–water partition coefficient (Wildman–Crippen LogP) is 6.25. The van der Waals surface area contributed by atoms with Crippen molar-refractivity contribution >= 4 is 0 Å². The van der Waals surface area contributed by atoms with Gasteiger partial charge in [0.2, 0.25) is 0 Å². The third kappa shape index (κ3) is 3.31. The summed E-state index contributed by atoms with van der Waals surface area (Å²) in [6.07, 6.45) is 15.5. The maximum absolute atomic E-state index is 14.7. The van der Waals surface area contributed by atoms with Crippen molar-refractivity contribution < 1.29 is 5.11 Å². The molecule has 4 unspecified atom stereocenters. The molecule has 0 radical (unpaired) electrons. The van der Waals surface area contributed by atoms with Gasteiger partial charge in [0, 0.05) is 11.8 Å². The van der Waals surface area contributed by atoms with E-state index in [9.17, 15) is 14.7 Å². The van der Waals surface area contributed by atoms with E-state index in [1.54, 1.807) is 0 Å². The molecule has 6 heteroatoms. The van der Waals surface area contributed by atoms with E-state index in [1.807, 2.05) is 39.7 Å². The van der Waals surface area contributed by atoms with Crippen molar-refractivity contribution in [3.05, 3.63) is 75.6 Å². The lowest BCUT2D eigenvalue weighted by Gasteiger charge is -2.71. The lowest BCUT2D eigenvalue weighted by atomic mass is 9.40. The second kappa shape index (κ2) is 9.20. The van der Waals surface area contributed by atoms with E-state index in [-0.39, 0.29) is 34.0 Å². The molecular formula is C36H49N3O3. The molecule has 6 aliphatic rings. The molecule has 6 nitrogen and oxygen atoms in total. The van der Waals surface area contributed by atoms with Gasteiger partial charge >= 0.3 is 11.4 Å². The van der Waals surface area contributed by atoms with Gasteiger partial charge in [0.05, 0.1) is 22.9 Å². The first-order valence-corrected chi connectivity index (χ1v) is 16.5. The molecule has 226 valence electrons. The zero-order valence-corrected chi connectivity index (χ0v) is 26.3. The molecule has 10 atom stereocenters. The van der Waals surface area contributed by atoms with Crippen molar-refractivity contribution in [2.75, 3.05) is 0 Å². The van der Waals surface area contributed by atoms with Crippen LogP contribution in [0, 0.1) is 46.3 Å². The van der Waals surface area contributed by atoms with Crippen LogP contribution in [0.3, 0.4) is 0 Å². The average Bonchev–Trinajstić information content (AvgIpc) is 3.46. The molecule has 4 aliphatic carbocycles. The molecule has 2 spiro atoms. The first kappa shape index (κ1) is 28.2. The van der Waals surface area contributed by atoms with Gasteiger partial charge < -0.3 is 5.11 Å². The molecule has 1 aromatic heterocycles. The molecule has 3 saturated carbocycles. The number of aromatic nitrogens is 3. The van der Waals surface area contributed by atoms with Crippen LogP contribution in [-0.2, 0) is 11.1 Å². The van der Waals surface area contributed by atoms with Gasteiger partial charge in [-0.05, 0) is 91.6 Å². The van der Waals surface area contributed by atoms with Gasteiger partial charge in [-0.25, -0.2) is 23.5 Å². The normalized spacial score (nSPS) is 41.4. The number of hydrogen-bond donors (Lipinski definition) is 1. The number of allylic oxidation sites excluding steroid dienone is 4. The van der Waals surface area contributed by atoms with Crippen LogP contribution in [0.4, 0.5) is 0 Å². The molecule has 42 heavy (non-hydrogen) atoms. The van der Waals surface area contributed by atoms with Gasteiger partial charge in [0.1, 0.15) is 0 Å². The Balaban J connectivity index is 1.43. The van der Waals surface area contributed by atoms with Crippen molar-refractivity contribution in [3.8, 4) is 5.69 Å². The molecule has 1 N–H and O–H groups in total. The Labute approximate surface area is 250 Å². The fraction of sp³-hybridized carbons (Fsp3) is 0.667. The molecule has 8 rings (SSSR count). The Morgan fingerprint density at radius 2 is 1.57 bits per heavy atom. The molecule has 2 aliphatic heterocycles. The quantitative estimate of drug-likeness (QED) is 0.431. The van der Waals surface area contributed by atoms with Crippen LogP contribution in [0.1, 0.15) is 86.5 Å². The predicted molar refractivity (Wildman–Crippen MR) is 167 cm³/mol. The summed E-state index contributed by atoms with van der Waals surface area (Å²) in [6, 6.07) is 9.40. The first-order valence-electron chi connectivity index (χ1n) is 16.5. The van der Waals surface area contributed by atoms with Gasteiger partial charge in [-0.3, -0.25) is 0 Å². The van der Waals surface area contributed by atoms with Crippen LogP contribution < -0.4 is 11.4 Å². The highest BCUT2D eigenvalue weighted by Gasteiger charge is 2.75. The largest absolute Gasteiger partial charge is 0.393 e. The summed E-state index contributed by atoms with van der Waals surface area (Å²) in [7, 11) is 0. The van der Waals surface area contributed by atoms with Crippen molar-refractivity contribution in [2.45, 2.75) is 104 Å². The second-order valence-electron chi connectivity index (χ2n) is 15.5. The highest BCUT2D eigenvalue weighted by atomic mass is 16.3. The minimum atomic E-state index is -0.706. The van der Waals surface area contributed by atoms with E-state index in [1.165, 1.54) is 4.57 Å². The van der Waals surface area contributed by atoms with Crippen LogP contribution >= 0.6 is 0 Å². The summed E-state index contributed by atoms with van der Waals surface area (Å²) >= 11 is 0. The molecule has 2 aromatic rings. The minimum Gasteiger partial charge on any atom is -0.393 e. The monoisotopic (exact) mass is 571 g/mol. The van der Waals surface area contributed by atoms with Crippen LogP contribution in [0.15, 0.2) is 64.2 Å². The lowest BCUT2D eigenvalue weighted by molar-refractivity contribution is -0.199. The van der Waals surface area contributed by atoms with Crippen LogP contribution in [0.25, 0.3) is 5.69 Å². The second-order valence-corrected chi connectivity index (χ2v) is 15.5. The maximum Gasteiger partial charge on any atom is 0.352 e. The van der Waals surface area contributed by atoms with E-state index in [2.05, 4.69) is 65.8 Å². The molecule has 0 saturated heterocycles. The third-order valence-electron chi connectivity index (χ3n) is 13.5. The number of hydrogen-bond acceptors (Lipinski definition) is 3. The minimum absolute atomic E-state index is 0.0582. The van der Waals surface area contributed by atoms with E-state index in [0.717, 1.165) is 38.5 Å². The Morgan fingerprint density at radius 1 is 0.857 bits per heavy atom. The van der Waals surface area contributed by atoms with Gasteiger partial charge in [-0.15, -0.1) is 0 Å². The number of aliphatic hydroxyl groups excluding tert-OH is 1. The zero-order chi connectivity index (χ0) is 29.8. The summed E-state index contributed by atoms with van der Waals surface area (Å²) < 4.78 is 5.17. The standard InChI is InChI=1S/C36H49N3O3/c1-23(2)24(3)12-13-25(4)28-14-15-29-33(28,5)18-17-30-34(6)19-16-27(40)22-35(34)20-21-36(29,30)39-32(42)37(31(41)38(35)39)26-10-8-7-9-11-26/h7-13,20-21,23-25,27-30,40H,14-19,22H2,1-6H3/t24-,25+,27-,28+,29?,30?,33+,34+,35?,36?/m0/s1. The third-order valence-corrected chi connectivity index (χ3v) is 13.5. The fourth-order valence-electron chi connectivity index (χ4n) is 11.0. The highest BCUT2D eigenvalue weighted by Crippen LogP contribution is 2.73. The average molecular weight is 572 g/mol. The summed E-state index contributed by atoms with van der Waals surface area (Å²) in [6.45, 7) is 14.1. The number of benzene rings is 1. The highest BCUT2D eigenvalue weighted by molar-refractivity contribution is 5.38. The van der Waals surface area contributed by atoms with Crippen molar-refractivity contribution in [3.63, 3.8) is 0 Å². The SMILES string of the molecule is CC(C)[C@@H](C)C=C[C@@H](C)[C@H]1CCC2C34C=CC5(C[C@@H](O)CC[C@]5(C)C3CC[C@@]21C)n1c(=O)n(-c2ccccc2)c(=O)n14. The molecule has 3 fully saturated rings. The van der Waals surface area contributed by atoms with E-state index in [0.29, 0.717) is 35.8 Å². The van der Waals surface area contributed by atoms with E-state index < -0.39 is 17.2 Å². The van der Waals surface area contributed by atoms with Gasteiger partial charge in [-0.1, -0.05) is 84.0 Å². The molecule has 1 aromatic carbocycles. The number of aliphatic hydroxyl groups is 1. The molecule has 3 heterocycles. The summed E-state index contributed by atoms with van der Waals surface area (Å²) in [4.78, 5) is 29.2. The maximum atomic E-state index is 14.7. The lowest BCUT2D eigenvalue weighted by Crippen LogP contribution is -2.76. The Kier molecular flexibility index (Phi) is 6.18. The molecule has 0 amide bonds. The molecule has 2 bridgehead atoms. The van der Waals surface area contributed by atoms with E-state index in [4.69, 9.17) is 0 Å². The summed E-state index contributed by atoms with van der Waals surface area (Å²) in [5.74, 6) is 2.67. The van der Waals surface area contributed by atoms with Crippen molar-refractivity contribution in [2.24, 2.45) is 46.3 Å². The van der Waals surface area contributed by atoms with E-state index >= 15 is 0 Å². The van der Waals surface area contributed by atoms with Crippen LogP contribution in [0.2, 0.25) is 0 Å².